The van der Waals surface area contributed by atoms with Crippen molar-refractivity contribution >= 4 is 22.9 Å². The van der Waals surface area contributed by atoms with Gasteiger partial charge >= 0.3 is 11.7 Å². The van der Waals surface area contributed by atoms with Crippen molar-refractivity contribution in [2.75, 3.05) is 13.7 Å². The number of para-hydroxylation sites is 2. The lowest BCUT2D eigenvalue weighted by Gasteiger charge is -2.21. The Morgan fingerprint density at radius 3 is 2.44 bits per heavy atom. The number of rotatable bonds is 5. The van der Waals surface area contributed by atoms with Crippen molar-refractivity contribution in [1.82, 2.24) is 14.0 Å². The molecule has 0 bridgehead atoms. The van der Waals surface area contributed by atoms with Crippen LogP contribution in [0.2, 0.25) is 0 Å². The zero-order valence-corrected chi connectivity index (χ0v) is 14.2. The SMILES string of the molecule is CCn1c(=O)n(CC(=O)N2CC(OC)CC2C(=O)O)c2ccccc21. The van der Waals surface area contributed by atoms with Gasteiger partial charge in [0, 0.05) is 26.6 Å². The van der Waals surface area contributed by atoms with Gasteiger partial charge in [0.15, 0.2) is 0 Å². The third kappa shape index (κ3) is 2.93. The number of hydrogen-bond donors (Lipinski definition) is 1. The van der Waals surface area contributed by atoms with Crippen LogP contribution in [0.25, 0.3) is 11.0 Å². The average Bonchev–Trinajstić information content (AvgIpc) is 3.15. The Bertz CT molecular complexity index is 869. The summed E-state index contributed by atoms with van der Waals surface area (Å²) in [7, 11) is 1.50. The summed E-state index contributed by atoms with van der Waals surface area (Å²) >= 11 is 0. The van der Waals surface area contributed by atoms with Gasteiger partial charge in [-0.3, -0.25) is 13.9 Å². The predicted octanol–water partition coefficient (Wildman–Crippen LogP) is 0.523. The highest BCUT2D eigenvalue weighted by Crippen LogP contribution is 2.21. The molecule has 1 aliphatic heterocycles. The van der Waals surface area contributed by atoms with Gasteiger partial charge in [0.2, 0.25) is 5.91 Å². The number of carboxylic acid groups (broad SMARTS) is 1. The summed E-state index contributed by atoms with van der Waals surface area (Å²) in [6, 6.07) is 6.34. The van der Waals surface area contributed by atoms with Gasteiger partial charge < -0.3 is 14.7 Å². The summed E-state index contributed by atoms with van der Waals surface area (Å²) in [4.78, 5) is 38.1. The van der Waals surface area contributed by atoms with E-state index < -0.39 is 17.9 Å². The Morgan fingerprint density at radius 2 is 1.88 bits per heavy atom. The van der Waals surface area contributed by atoms with E-state index in [0.717, 1.165) is 5.52 Å². The number of amides is 1. The van der Waals surface area contributed by atoms with Crippen LogP contribution in [0.1, 0.15) is 13.3 Å². The highest BCUT2D eigenvalue weighted by molar-refractivity contribution is 5.86. The molecule has 0 radical (unpaired) electrons. The first-order valence-electron chi connectivity index (χ1n) is 8.21. The van der Waals surface area contributed by atoms with Gasteiger partial charge in [-0.1, -0.05) is 12.1 Å². The van der Waals surface area contributed by atoms with Crippen molar-refractivity contribution in [2.24, 2.45) is 0 Å². The summed E-state index contributed by atoms with van der Waals surface area (Å²) in [6.07, 6.45) is -0.0535. The maximum atomic E-state index is 12.7. The zero-order chi connectivity index (χ0) is 18.1. The molecule has 2 atom stereocenters. The minimum Gasteiger partial charge on any atom is -0.480 e. The molecule has 1 aromatic carbocycles. The van der Waals surface area contributed by atoms with Crippen LogP contribution in [-0.2, 0) is 27.4 Å². The number of hydrogen-bond acceptors (Lipinski definition) is 4. The van der Waals surface area contributed by atoms with E-state index in [1.807, 2.05) is 19.1 Å². The second-order valence-electron chi connectivity index (χ2n) is 6.10. The molecule has 0 saturated carbocycles. The summed E-state index contributed by atoms with van der Waals surface area (Å²) in [5.74, 6) is -1.45. The number of carbonyl (C=O) groups excluding carboxylic acids is 1. The smallest absolute Gasteiger partial charge is 0.329 e. The Hall–Kier alpha value is -2.61. The zero-order valence-electron chi connectivity index (χ0n) is 14.2. The molecular weight excluding hydrogens is 326 g/mol. The molecule has 1 amide bonds. The van der Waals surface area contributed by atoms with E-state index >= 15 is 0 Å². The number of aryl methyl sites for hydroxylation is 1. The van der Waals surface area contributed by atoms with Crippen LogP contribution in [-0.4, -0.2) is 56.8 Å². The van der Waals surface area contributed by atoms with E-state index in [0.29, 0.717) is 12.1 Å². The predicted molar refractivity (Wildman–Crippen MR) is 90.4 cm³/mol. The number of methoxy groups -OCH3 is 1. The number of likely N-dealkylation sites (tertiary alicyclic amines) is 1. The van der Waals surface area contributed by atoms with E-state index in [4.69, 9.17) is 4.74 Å². The molecule has 1 N–H and O–H groups in total. The highest BCUT2D eigenvalue weighted by atomic mass is 16.5. The van der Waals surface area contributed by atoms with Gasteiger partial charge in [-0.15, -0.1) is 0 Å². The largest absolute Gasteiger partial charge is 0.480 e. The molecule has 1 aromatic heterocycles. The van der Waals surface area contributed by atoms with Gasteiger partial charge in [-0.05, 0) is 19.1 Å². The molecule has 8 nitrogen and oxygen atoms in total. The minimum atomic E-state index is -1.06. The molecular formula is C17H21N3O5. The lowest BCUT2D eigenvalue weighted by Crippen LogP contribution is -2.43. The Morgan fingerprint density at radius 1 is 1.24 bits per heavy atom. The molecule has 3 rings (SSSR count). The van der Waals surface area contributed by atoms with Gasteiger partial charge in [0.25, 0.3) is 0 Å². The molecule has 25 heavy (non-hydrogen) atoms. The van der Waals surface area contributed by atoms with Gasteiger partial charge in [-0.25, -0.2) is 9.59 Å². The van der Waals surface area contributed by atoms with Crippen molar-refractivity contribution in [1.29, 1.82) is 0 Å². The van der Waals surface area contributed by atoms with Crippen molar-refractivity contribution in [3.8, 4) is 0 Å². The lowest BCUT2D eigenvalue weighted by atomic mass is 10.2. The van der Waals surface area contributed by atoms with Crippen molar-refractivity contribution in [2.45, 2.75) is 38.6 Å². The van der Waals surface area contributed by atoms with E-state index in [9.17, 15) is 19.5 Å². The molecule has 1 saturated heterocycles. The Balaban J connectivity index is 1.93. The van der Waals surface area contributed by atoms with Crippen LogP contribution in [0.4, 0.5) is 0 Å². The third-order valence-electron chi connectivity index (χ3n) is 4.74. The lowest BCUT2D eigenvalue weighted by molar-refractivity contribution is -0.148. The summed E-state index contributed by atoms with van der Waals surface area (Å²) in [5, 5.41) is 9.36. The molecule has 8 heteroatoms. The number of imidazole rings is 1. The molecule has 2 unspecified atom stereocenters. The van der Waals surface area contributed by atoms with Gasteiger partial charge in [0.05, 0.1) is 17.1 Å². The van der Waals surface area contributed by atoms with E-state index in [2.05, 4.69) is 0 Å². The molecule has 134 valence electrons. The highest BCUT2D eigenvalue weighted by Gasteiger charge is 2.39. The van der Waals surface area contributed by atoms with Crippen LogP contribution >= 0.6 is 0 Å². The van der Waals surface area contributed by atoms with Crippen molar-refractivity contribution in [3.05, 3.63) is 34.7 Å². The Labute approximate surface area is 144 Å². The maximum Gasteiger partial charge on any atom is 0.329 e. The minimum absolute atomic E-state index is 0.188. The molecule has 1 fully saturated rings. The first kappa shape index (κ1) is 17.2. The number of fused-ring (bicyclic) bond motifs is 1. The van der Waals surface area contributed by atoms with Crippen LogP contribution in [0.3, 0.4) is 0 Å². The quantitative estimate of drug-likeness (QED) is 0.851. The average molecular weight is 347 g/mol. The standard InChI is InChI=1S/C17H21N3O5/c1-3-18-12-6-4-5-7-13(12)20(17(18)24)10-15(21)19-9-11(25-2)8-14(19)16(22)23/h4-7,11,14H,3,8-10H2,1-2H3,(H,22,23). The van der Waals surface area contributed by atoms with Crippen LogP contribution < -0.4 is 5.69 Å². The number of aromatic nitrogens is 2. The van der Waals surface area contributed by atoms with Gasteiger partial charge in [-0.2, -0.15) is 0 Å². The number of carboxylic acids is 1. The fraction of sp³-hybridized carbons (Fsp3) is 0.471. The van der Waals surface area contributed by atoms with Crippen LogP contribution in [0.5, 0.6) is 0 Å². The first-order chi connectivity index (χ1) is 12.0. The third-order valence-corrected chi connectivity index (χ3v) is 4.74. The second kappa shape index (κ2) is 6.72. The molecule has 0 aliphatic carbocycles. The normalized spacial score (nSPS) is 20.3. The summed E-state index contributed by atoms with van der Waals surface area (Å²) in [5.41, 5.74) is 1.15. The summed E-state index contributed by atoms with van der Waals surface area (Å²) < 4.78 is 8.21. The molecule has 0 spiro atoms. The van der Waals surface area contributed by atoms with E-state index in [1.165, 1.54) is 16.6 Å². The van der Waals surface area contributed by atoms with Crippen molar-refractivity contribution in [3.63, 3.8) is 0 Å². The van der Waals surface area contributed by atoms with E-state index in [-0.39, 0.29) is 31.3 Å². The van der Waals surface area contributed by atoms with Gasteiger partial charge in [0.1, 0.15) is 12.6 Å². The summed E-state index contributed by atoms with van der Waals surface area (Å²) in [6.45, 7) is 2.39. The molecule has 2 aromatic rings. The van der Waals surface area contributed by atoms with Crippen LogP contribution in [0.15, 0.2) is 29.1 Å². The fourth-order valence-corrected chi connectivity index (χ4v) is 3.43. The topological polar surface area (TPSA) is 93.8 Å². The Kier molecular flexibility index (Phi) is 4.63. The number of carbonyl (C=O) groups is 2. The van der Waals surface area contributed by atoms with E-state index in [1.54, 1.807) is 16.7 Å². The number of benzene rings is 1. The number of ether oxygens (including phenoxy) is 1. The monoisotopic (exact) mass is 347 g/mol. The second-order valence-corrected chi connectivity index (χ2v) is 6.10. The van der Waals surface area contributed by atoms with Crippen molar-refractivity contribution < 1.29 is 19.4 Å². The maximum absolute atomic E-state index is 12.7. The molecule has 2 heterocycles. The molecule has 1 aliphatic rings. The van der Waals surface area contributed by atoms with Crippen LogP contribution in [0, 0.1) is 0 Å². The fourth-order valence-electron chi connectivity index (χ4n) is 3.43. The number of nitrogens with zero attached hydrogens (tertiary/aromatic N) is 3. The number of aliphatic carboxylic acids is 1. The first-order valence-corrected chi connectivity index (χ1v) is 8.21.